The van der Waals surface area contributed by atoms with Crippen molar-refractivity contribution < 1.29 is 24.1 Å². The predicted octanol–water partition coefficient (Wildman–Crippen LogP) is 2.01. The van der Waals surface area contributed by atoms with Crippen LogP contribution >= 0.6 is 0 Å². The highest BCUT2D eigenvalue weighted by Gasteiger charge is 2.18. The van der Waals surface area contributed by atoms with Gasteiger partial charge in [-0.1, -0.05) is 6.92 Å². The lowest BCUT2D eigenvalue weighted by Gasteiger charge is -2.22. The number of carboxylic acids is 1. The van der Waals surface area contributed by atoms with Gasteiger partial charge in [0.15, 0.2) is 0 Å². The van der Waals surface area contributed by atoms with E-state index in [1.54, 1.807) is 33.5 Å². The van der Waals surface area contributed by atoms with Gasteiger partial charge in [0.1, 0.15) is 17.2 Å². The zero-order valence-electron chi connectivity index (χ0n) is 13.0. The van der Waals surface area contributed by atoms with Gasteiger partial charge in [-0.3, -0.25) is 9.69 Å². The molecule has 118 valence electrons. The first-order valence-electron chi connectivity index (χ1n) is 6.78. The van der Waals surface area contributed by atoms with Crippen LogP contribution in [-0.4, -0.2) is 50.4 Å². The van der Waals surface area contributed by atoms with E-state index in [-0.39, 0.29) is 6.54 Å². The highest BCUT2D eigenvalue weighted by atomic mass is 16.5. The topological polar surface area (TPSA) is 68.2 Å². The molecule has 0 aliphatic carbocycles. The molecule has 0 radical (unpaired) electrons. The van der Waals surface area contributed by atoms with Crippen molar-refractivity contribution in [2.45, 2.75) is 19.9 Å². The molecule has 6 nitrogen and oxygen atoms in total. The second-order valence-corrected chi connectivity index (χ2v) is 4.61. The first-order chi connectivity index (χ1) is 10.0. The maximum atomic E-state index is 11.0. The molecule has 0 unspecified atom stereocenters. The van der Waals surface area contributed by atoms with E-state index in [1.807, 2.05) is 11.8 Å². The van der Waals surface area contributed by atoms with E-state index in [2.05, 4.69) is 0 Å². The standard InChI is InChI=1S/C15H23NO5/c1-5-6-16(10-15(17)18)9-12-13(20-3)7-11(19-2)8-14(12)21-4/h7-8H,5-6,9-10H2,1-4H3,(H,17,18). The summed E-state index contributed by atoms with van der Waals surface area (Å²) in [5.41, 5.74) is 0.815. The Kier molecular flexibility index (Phi) is 6.81. The van der Waals surface area contributed by atoms with Crippen LogP contribution in [0.3, 0.4) is 0 Å². The fourth-order valence-corrected chi connectivity index (χ4v) is 2.18. The lowest BCUT2D eigenvalue weighted by molar-refractivity contribution is -0.138. The van der Waals surface area contributed by atoms with Gasteiger partial charge in [0.05, 0.1) is 33.4 Å². The van der Waals surface area contributed by atoms with Crippen LogP contribution in [0.4, 0.5) is 0 Å². The second-order valence-electron chi connectivity index (χ2n) is 4.61. The Hall–Kier alpha value is -1.95. The van der Waals surface area contributed by atoms with E-state index < -0.39 is 5.97 Å². The molecule has 0 aliphatic heterocycles. The molecule has 0 saturated carbocycles. The van der Waals surface area contributed by atoms with Crippen LogP contribution in [0.5, 0.6) is 17.2 Å². The van der Waals surface area contributed by atoms with Crippen molar-refractivity contribution in [2.24, 2.45) is 0 Å². The number of methoxy groups -OCH3 is 3. The Balaban J connectivity index is 3.10. The summed E-state index contributed by atoms with van der Waals surface area (Å²) in [4.78, 5) is 12.8. The highest BCUT2D eigenvalue weighted by Crippen LogP contribution is 2.34. The third kappa shape index (κ3) is 4.82. The summed E-state index contributed by atoms with van der Waals surface area (Å²) in [6.07, 6.45) is 0.869. The Labute approximate surface area is 125 Å². The van der Waals surface area contributed by atoms with Gasteiger partial charge < -0.3 is 19.3 Å². The number of nitrogens with zero attached hydrogens (tertiary/aromatic N) is 1. The van der Waals surface area contributed by atoms with E-state index in [9.17, 15) is 4.79 Å². The average molecular weight is 297 g/mol. The minimum Gasteiger partial charge on any atom is -0.496 e. The Morgan fingerprint density at radius 1 is 1.14 bits per heavy atom. The van der Waals surface area contributed by atoms with Crippen molar-refractivity contribution in [3.8, 4) is 17.2 Å². The maximum absolute atomic E-state index is 11.0. The normalized spacial score (nSPS) is 10.5. The van der Waals surface area contributed by atoms with Gasteiger partial charge in [-0.2, -0.15) is 0 Å². The van der Waals surface area contributed by atoms with Crippen LogP contribution in [0.2, 0.25) is 0 Å². The quantitative estimate of drug-likeness (QED) is 0.752. The lowest BCUT2D eigenvalue weighted by Crippen LogP contribution is -2.30. The van der Waals surface area contributed by atoms with E-state index in [1.165, 1.54) is 0 Å². The molecule has 21 heavy (non-hydrogen) atoms. The zero-order valence-corrected chi connectivity index (χ0v) is 13.0. The monoisotopic (exact) mass is 297 g/mol. The number of ether oxygens (including phenoxy) is 3. The predicted molar refractivity (Wildman–Crippen MR) is 79.3 cm³/mol. The number of hydrogen-bond acceptors (Lipinski definition) is 5. The molecule has 0 fully saturated rings. The summed E-state index contributed by atoms with van der Waals surface area (Å²) in [7, 11) is 4.71. The SMILES string of the molecule is CCCN(CC(=O)O)Cc1c(OC)cc(OC)cc1OC. The van der Waals surface area contributed by atoms with E-state index >= 15 is 0 Å². The molecule has 0 atom stereocenters. The molecule has 0 saturated heterocycles. The number of carboxylic acid groups (broad SMARTS) is 1. The van der Waals surface area contributed by atoms with Crippen LogP contribution in [0.15, 0.2) is 12.1 Å². The fraction of sp³-hybridized carbons (Fsp3) is 0.533. The van der Waals surface area contributed by atoms with Gasteiger partial charge in [0, 0.05) is 18.7 Å². The van der Waals surface area contributed by atoms with Crippen LogP contribution in [0.1, 0.15) is 18.9 Å². The van der Waals surface area contributed by atoms with Crippen LogP contribution < -0.4 is 14.2 Å². The van der Waals surface area contributed by atoms with Crippen LogP contribution in [0.25, 0.3) is 0 Å². The second kappa shape index (κ2) is 8.36. The summed E-state index contributed by atoms with van der Waals surface area (Å²) < 4.78 is 16.0. The first kappa shape index (κ1) is 17.1. The van der Waals surface area contributed by atoms with E-state index in [0.29, 0.717) is 30.3 Å². The van der Waals surface area contributed by atoms with Gasteiger partial charge in [0.25, 0.3) is 0 Å². The number of carbonyl (C=O) groups is 1. The summed E-state index contributed by atoms with van der Waals surface area (Å²) in [6, 6.07) is 3.53. The molecule has 0 aliphatic rings. The average Bonchev–Trinajstić information content (AvgIpc) is 2.46. The third-order valence-corrected chi connectivity index (χ3v) is 3.10. The van der Waals surface area contributed by atoms with E-state index in [0.717, 1.165) is 12.0 Å². The van der Waals surface area contributed by atoms with Crippen LogP contribution in [0, 0.1) is 0 Å². The van der Waals surface area contributed by atoms with Gasteiger partial charge in [-0.05, 0) is 13.0 Å². The van der Waals surface area contributed by atoms with Crippen molar-refractivity contribution in [1.82, 2.24) is 4.90 Å². The number of rotatable bonds is 9. The van der Waals surface area contributed by atoms with Gasteiger partial charge in [-0.25, -0.2) is 0 Å². The van der Waals surface area contributed by atoms with Gasteiger partial charge in [0.2, 0.25) is 0 Å². The number of hydrogen-bond donors (Lipinski definition) is 1. The molecule has 1 rings (SSSR count). The molecule has 0 amide bonds. The fourth-order valence-electron chi connectivity index (χ4n) is 2.18. The smallest absolute Gasteiger partial charge is 0.317 e. The third-order valence-electron chi connectivity index (χ3n) is 3.10. The molecule has 0 aromatic heterocycles. The molecular formula is C15H23NO5. The molecule has 1 aromatic carbocycles. The van der Waals surface area contributed by atoms with Crippen molar-refractivity contribution in [3.05, 3.63) is 17.7 Å². The summed E-state index contributed by atoms with van der Waals surface area (Å²) in [5.74, 6) is 1.03. The van der Waals surface area contributed by atoms with Crippen molar-refractivity contribution >= 4 is 5.97 Å². The largest absolute Gasteiger partial charge is 0.496 e. The lowest BCUT2D eigenvalue weighted by atomic mass is 10.1. The van der Waals surface area contributed by atoms with Crippen molar-refractivity contribution in [1.29, 1.82) is 0 Å². The minimum absolute atomic E-state index is 0.0216. The Bertz CT molecular complexity index is 450. The number of aliphatic carboxylic acids is 1. The van der Waals surface area contributed by atoms with E-state index in [4.69, 9.17) is 19.3 Å². The summed E-state index contributed by atoms with van der Waals surface area (Å²) in [5, 5.41) is 9.00. The molecular weight excluding hydrogens is 274 g/mol. The zero-order chi connectivity index (χ0) is 15.8. The highest BCUT2D eigenvalue weighted by molar-refractivity contribution is 5.69. The Morgan fingerprint density at radius 3 is 2.10 bits per heavy atom. The van der Waals surface area contributed by atoms with Crippen molar-refractivity contribution in [3.63, 3.8) is 0 Å². The molecule has 0 bridgehead atoms. The van der Waals surface area contributed by atoms with Gasteiger partial charge in [-0.15, -0.1) is 0 Å². The molecule has 6 heteroatoms. The van der Waals surface area contributed by atoms with Crippen LogP contribution in [-0.2, 0) is 11.3 Å². The number of benzene rings is 1. The molecule has 1 N–H and O–H groups in total. The summed E-state index contributed by atoms with van der Waals surface area (Å²) in [6.45, 7) is 3.12. The van der Waals surface area contributed by atoms with Crippen molar-refractivity contribution in [2.75, 3.05) is 34.4 Å². The molecule has 0 spiro atoms. The first-order valence-corrected chi connectivity index (χ1v) is 6.78. The Morgan fingerprint density at radius 2 is 1.71 bits per heavy atom. The summed E-state index contributed by atoms with van der Waals surface area (Å²) >= 11 is 0. The maximum Gasteiger partial charge on any atom is 0.317 e. The molecule has 1 aromatic rings. The molecule has 0 heterocycles. The van der Waals surface area contributed by atoms with Gasteiger partial charge >= 0.3 is 5.97 Å². The minimum atomic E-state index is -0.852.